The minimum Gasteiger partial charge on any atom is -0.497 e. The minimum absolute atomic E-state index is 0.0991. The molecule has 0 radical (unpaired) electrons. The number of amides is 1. The van der Waals surface area contributed by atoms with E-state index in [9.17, 15) is 9.00 Å². The van der Waals surface area contributed by atoms with Crippen LogP contribution in [0.5, 0.6) is 11.5 Å². The van der Waals surface area contributed by atoms with Crippen LogP contribution in [0.2, 0.25) is 0 Å². The fraction of sp³-hybridized carbons (Fsp3) is 0.500. The molecule has 0 aliphatic rings. The van der Waals surface area contributed by atoms with Gasteiger partial charge in [0.25, 0.3) is 5.91 Å². The molecule has 2 unspecified atom stereocenters. The topological polar surface area (TPSA) is 90.7 Å². The van der Waals surface area contributed by atoms with E-state index in [1.807, 2.05) is 6.92 Å². The van der Waals surface area contributed by atoms with Gasteiger partial charge in [0.1, 0.15) is 11.5 Å². The van der Waals surface area contributed by atoms with Crippen LogP contribution >= 0.6 is 0 Å². The summed E-state index contributed by atoms with van der Waals surface area (Å²) in [4.78, 5) is 12.3. The molecular weight excluding hydrogens is 292 g/mol. The molecule has 0 spiro atoms. The largest absolute Gasteiger partial charge is 0.497 e. The summed E-state index contributed by atoms with van der Waals surface area (Å²) < 4.78 is 21.3. The van der Waals surface area contributed by atoms with Gasteiger partial charge in [-0.3, -0.25) is 9.00 Å². The van der Waals surface area contributed by atoms with Crippen LogP contribution in [0, 0.1) is 0 Å². The summed E-state index contributed by atoms with van der Waals surface area (Å²) in [5, 5.41) is 2.83. The Kier molecular flexibility index (Phi) is 6.48. The second kappa shape index (κ2) is 7.87. The highest BCUT2D eigenvalue weighted by Gasteiger charge is 2.17. The zero-order valence-electron chi connectivity index (χ0n) is 12.8. The molecule has 1 aromatic rings. The van der Waals surface area contributed by atoms with Gasteiger partial charge >= 0.3 is 0 Å². The van der Waals surface area contributed by atoms with Crippen molar-refractivity contribution in [2.24, 2.45) is 0 Å². The van der Waals surface area contributed by atoms with Crippen molar-refractivity contribution < 1.29 is 18.5 Å². The van der Waals surface area contributed by atoms with E-state index in [-0.39, 0.29) is 17.6 Å². The number of ether oxygens (including phenoxy) is 2. The molecule has 0 aliphatic carbocycles. The van der Waals surface area contributed by atoms with E-state index in [0.717, 1.165) is 0 Å². The zero-order valence-corrected chi connectivity index (χ0v) is 13.6. The summed E-state index contributed by atoms with van der Waals surface area (Å²) in [5.41, 5.74) is 6.49. The van der Waals surface area contributed by atoms with E-state index in [2.05, 4.69) is 5.32 Å². The Morgan fingerprint density at radius 3 is 2.57 bits per heavy atom. The van der Waals surface area contributed by atoms with Gasteiger partial charge in [-0.15, -0.1) is 0 Å². The summed E-state index contributed by atoms with van der Waals surface area (Å²) in [5.74, 6) is 1.12. The summed E-state index contributed by atoms with van der Waals surface area (Å²) in [6, 6.07) is 3.09. The van der Waals surface area contributed by atoms with Crippen LogP contribution in [0.15, 0.2) is 12.1 Å². The van der Waals surface area contributed by atoms with Crippen LogP contribution in [0.1, 0.15) is 23.7 Å². The number of nitrogen functional groups attached to an aromatic ring is 1. The third-order valence-corrected chi connectivity index (χ3v) is 3.84. The van der Waals surface area contributed by atoms with Crippen LogP contribution < -0.4 is 20.5 Å². The molecule has 1 aromatic carbocycles. The number of carbonyl (C=O) groups is 1. The lowest BCUT2D eigenvalue weighted by molar-refractivity contribution is 0.0939. The SMILES string of the molecule is COc1cc(OC)c(N)c(C(=O)NC(C)CCS(C)=O)c1. The molecule has 3 N–H and O–H groups in total. The van der Waals surface area contributed by atoms with Crippen molar-refractivity contribution in [1.29, 1.82) is 0 Å². The van der Waals surface area contributed by atoms with Crippen molar-refractivity contribution in [2.45, 2.75) is 19.4 Å². The first-order chi connectivity index (χ1) is 9.88. The molecule has 118 valence electrons. The minimum atomic E-state index is -0.876. The van der Waals surface area contributed by atoms with E-state index in [4.69, 9.17) is 15.2 Å². The molecule has 0 saturated heterocycles. The molecule has 1 rings (SSSR count). The van der Waals surface area contributed by atoms with Crippen LogP contribution in [-0.2, 0) is 10.8 Å². The van der Waals surface area contributed by atoms with Crippen LogP contribution in [0.3, 0.4) is 0 Å². The van der Waals surface area contributed by atoms with Crippen molar-refractivity contribution in [3.8, 4) is 11.5 Å². The van der Waals surface area contributed by atoms with Crippen molar-refractivity contribution in [3.63, 3.8) is 0 Å². The Balaban J connectivity index is 2.88. The Hall–Kier alpha value is -1.76. The summed E-state index contributed by atoms with van der Waals surface area (Å²) in [7, 11) is 2.11. The molecule has 0 bridgehead atoms. The summed E-state index contributed by atoms with van der Waals surface area (Å²) in [6.45, 7) is 1.86. The van der Waals surface area contributed by atoms with Gasteiger partial charge < -0.3 is 20.5 Å². The maximum Gasteiger partial charge on any atom is 0.253 e. The van der Waals surface area contributed by atoms with Crippen molar-refractivity contribution in [2.75, 3.05) is 32.0 Å². The smallest absolute Gasteiger partial charge is 0.253 e. The highest BCUT2D eigenvalue weighted by Crippen LogP contribution is 2.31. The van der Waals surface area contributed by atoms with Gasteiger partial charge in [-0.05, 0) is 19.4 Å². The third-order valence-electron chi connectivity index (χ3n) is 3.03. The molecule has 2 atom stereocenters. The first-order valence-corrected chi connectivity index (χ1v) is 8.24. The average molecular weight is 314 g/mol. The first-order valence-electron chi connectivity index (χ1n) is 6.51. The number of rotatable bonds is 7. The molecule has 21 heavy (non-hydrogen) atoms. The molecular formula is C14H22N2O4S. The number of anilines is 1. The number of nitrogens with one attached hydrogen (secondary N) is 1. The number of nitrogens with two attached hydrogens (primary N) is 1. The average Bonchev–Trinajstić information content (AvgIpc) is 2.45. The fourth-order valence-electron chi connectivity index (χ4n) is 1.79. The molecule has 7 heteroatoms. The lowest BCUT2D eigenvalue weighted by Crippen LogP contribution is -2.34. The Morgan fingerprint density at radius 2 is 2.05 bits per heavy atom. The van der Waals surface area contributed by atoms with Gasteiger partial charge in [-0.1, -0.05) is 0 Å². The van der Waals surface area contributed by atoms with E-state index in [1.165, 1.54) is 14.2 Å². The summed E-state index contributed by atoms with van der Waals surface area (Å²) >= 11 is 0. The predicted molar refractivity (Wildman–Crippen MR) is 84.4 cm³/mol. The third kappa shape index (κ3) is 4.93. The predicted octanol–water partition coefficient (Wildman–Crippen LogP) is 1.17. The first kappa shape index (κ1) is 17.3. The van der Waals surface area contributed by atoms with Gasteiger partial charge in [-0.2, -0.15) is 0 Å². The van der Waals surface area contributed by atoms with E-state index >= 15 is 0 Å². The summed E-state index contributed by atoms with van der Waals surface area (Å²) in [6.07, 6.45) is 2.27. The van der Waals surface area contributed by atoms with Gasteiger partial charge in [0.05, 0.1) is 25.5 Å². The van der Waals surface area contributed by atoms with Crippen LogP contribution in [0.25, 0.3) is 0 Å². The molecule has 1 amide bonds. The highest BCUT2D eigenvalue weighted by molar-refractivity contribution is 7.84. The van der Waals surface area contributed by atoms with Crippen LogP contribution in [-0.4, -0.2) is 42.4 Å². The Bertz CT molecular complexity index is 534. The fourth-order valence-corrected chi connectivity index (χ4v) is 2.48. The lowest BCUT2D eigenvalue weighted by atomic mass is 10.1. The Labute approximate surface area is 127 Å². The normalized spacial score (nSPS) is 13.3. The van der Waals surface area contributed by atoms with Crippen molar-refractivity contribution in [3.05, 3.63) is 17.7 Å². The number of methoxy groups -OCH3 is 2. The molecule has 0 heterocycles. The highest BCUT2D eigenvalue weighted by atomic mass is 32.2. The van der Waals surface area contributed by atoms with E-state index in [1.54, 1.807) is 18.4 Å². The van der Waals surface area contributed by atoms with Gasteiger partial charge in [0.2, 0.25) is 0 Å². The number of carbonyl (C=O) groups excluding carboxylic acids is 1. The number of hydrogen-bond acceptors (Lipinski definition) is 5. The van der Waals surface area contributed by atoms with Gasteiger partial charge in [-0.25, -0.2) is 0 Å². The standard InChI is InChI=1S/C14H22N2O4S/c1-9(5-6-21(4)18)16-14(17)11-7-10(19-2)8-12(20-3)13(11)15/h7-9H,5-6,15H2,1-4H3,(H,16,17). The van der Waals surface area contributed by atoms with E-state index in [0.29, 0.717) is 29.2 Å². The van der Waals surface area contributed by atoms with Gasteiger partial charge in [0.15, 0.2) is 0 Å². The van der Waals surface area contributed by atoms with E-state index < -0.39 is 10.8 Å². The molecule has 0 aliphatic heterocycles. The van der Waals surface area contributed by atoms with Crippen molar-refractivity contribution in [1.82, 2.24) is 5.32 Å². The second-order valence-corrected chi connectivity index (χ2v) is 6.29. The maximum atomic E-state index is 12.3. The maximum absolute atomic E-state index is 12.3. The molecule has 0 aromatic heterocycles. The van der Waals surface area contributed by atoms with Crippen LogP contribution in [0.4, 0.5) is 5.69 Å². The lowest BCUT2D eigenvalue weighted by Gasteiger charge is -2.16. The molecule has 6 nitrogen and oxygen atoms in total. The zero-order chi connectivity index (χ0) is 16.0. The monoisotopic (exact) mass is 314 g/mol. The number of hydrogen-bond donors (Lipinski definition) is 2. The molecule has 0 saturated carbocycles. The molecule has 0 fully saturated rings. The van der Waals surface area contributed by atoms with Gasteiger partial charge in [0, 0.05) is 34.9 Å². The Morgan fingerprint density at radius 1 is 1.38 bits per heavy atom. The van der Waals surface area contributed by atoms with Crippen molar-refractivity contribution >= 4 is 22.4 Å². The second-order valence-electron chi connectivity index (χ2n) is 4.73. The quantitative estimate of drug-likeness (QED) is 0.737. The number of benzene rings is 1.